The lowest BCUT2D eigenvalue weighted by molar-refractivity contribution is 0.205. The highest BCUT2D eigenvalue weighted by molar-refractivity contribution is 5.89. The summed E-state index contributed by atoms with van der Waals surface area (Å²) in [5.41, 5.74) is 2.57. The maximum absolute atomic E-state index is 12.8. The van der Waals surface area contributed by atoms with E-state index in [9.17, 15) is 9.59 Å². The van der Waals surface area contributed by atoms with Crippen LogP contribution in [0.25, 0.3) is 5.65 Å². The van der Waals surface area contributed by atoms with Gasteiger partial charge in [0.05, 0.1) is 24.4 Å². The number of amides is 2. The Labute approximate surface area is 168 Å². The zero-order valence-corrected chi connectivity index (χ0v) is 16.4. The number of hydrogen-bond acceptors (Lipinski definition) is 4. The third-order valence-corrected chi connectivity index (χ3v) is 5.04. The standard InChI is InChI=1S/C22H24N4O3/c1-2-3-14-29-17-9-7-16(8-10-17)23-22(28)25-13-11-19-18(15-25)21(27)26-12-5-4-6-20(26)24-19/h4-10,12H,2-3,11,13-15H2,1H3,(H,23,28). The van der Waals surface area contributed by atoms with Crippen molar-refractivity contribution in [1.82, 2.24) is 14.3 Å². The van der Waals surface area contributed by atoms with Crippen molar-refractivity contribution in [2.75, 3.05) is 18.5 Å². The van der Waals surface area contributed by atoms with Gasteiger partial charge < -0.3 is 15.0 Å². The van der Waals surface area contributed by atoms with Crippen LogP contribution in [0.3, 0.4) is 0 Å². The van der Waals surface area contributed by atoms with Gasteiger partial charge in [0, 0.05) is 24.8 Å². The van der Waals surface area contributed by atoms with E-state index in [4.69, 9.17) is 4.74 Å². The molecule has 1 N–H and O–H groups in total. The van der Waals surface area contributed by atoms with Crippen LogP contribution in [0.2, 0.25) is 0 Å². The quantitative estimate of drug-likeness (QED) is 0.675. The topological polar surface area (TPSA) is 75.9 Å². The Kier molecular flexibility index (Phi) is 5.46. The van der Waals surface area contributed by atoms with Crippen LogP contribution in [0.15, 0.2) is 53.5 Å². The van der Waals surface area contributed by atoms with Crippen LogP contribution in [0.4, 0.5) is 10.5 Å². The number of benzene rings is 1. The smallest absolute Gasteiger partial charge is 0.322 e. The second kappa shape index (κ2) is 8.34. The fourth-order valence-electron chi connectivity index (χ4n) is 3.39. The van der Waals surface area contributed by atoms with Gasteiger partial charge in [-0.25, -0.2) is 9.78 Å². The van der Waals surface area contributed by atoms with Gasteiger partial charge in [-0.1, -0.05) is 19.4 Å². The van der Waals surface area contributed by atoms with E-state index in [1.165, 1.54) is 4.40 Å². The van der Waals surface area contributed by atoms with Gasteiger partial charge in [0.1, 0.15) is 11.4 Å². The zero-order chi connectivity index (χ0) is 20.2. The second-order valence-corrected chi connectivity index (χ2v) is 7.10. The van der Waals surface area contributed by atoms with Crippen LogP contribution in [0, 0.1) is 0 Å². The molecule has 4 rings (SSSR count). The van der Waals surface area contributed by atoms with E-state index in [2.05, 4.69) is 17.2 Å². The molecule has 0 aliphatic carbocycles. The van der Waals surface area contributed by atoms with E-state index in [-0.39, 0.29) is 18.1 Å². The summed E-state index contributed by atoms with van der Waals surface area (Å²) in [6.07, 6.45) is 4.36. The van der Waals surface area contributed by atoms with E-state index in [0.29, 0.717) is 36.5 Å². The molecule has 1 aliphatic rings. The summed E-state index contributed by atoms with van der Waals surface area (Å²) in [7, 11) is 0. The molecule has 2 aromatic heterocycles. The first kappa shape index (κ1) is 19.0. The van der Waals surface area contributed by atoms with Gasteiger partial charge in [-0.15, -0.1) is 0 Å². The van der Waals surface area contributed by atoms with Gasteiger partial charge in [-0.05, 0) is 42.8 Å². The monoisotopic (exact) mass is 392 g/mol. The van der Waals surface area contributed by atoms with E-state index >= 15 is 0 Å². The van der Waals surface area contributed by atoms with Crippen LogP contribution in [-0.2, 0) is 13.0 Å². The van der Waals surface area contributed by atoms with Crippen molar-refractivity contribution in [2.45, 2.75) is 32.7 Å². The molecule has 1 aromatic carbocycles. The van der Waals surface area contributed by atoms with Crippen LogP contribution in [-0.4, -0.2) is 33.5 Å². The molecule has 29 heavy (non-hydrogen) atoms. The zero-order valence-electron chi connectivity index (χ0n) is 16.4. The van der Waals surface area contributed by atoms with Crippen molar-refractivity contribution in [3.63, 3.8) is 0 Å². The number of aromatic nitrogens is 2. The first-order valence-corrected chi connectivity index (χ1v) is 9.93. The minimum absolute atomic E-state index is 0.114. The van der Waals surface area contributed by atoms with Gasteiger partial charge >= 0.3 is 6.03 Å². The summed E-state index contributed by atoms with van der Waals surface area (Å²) < 4.78 is 7.17. The molecule has 0 bridgehead atoms. The van der Waals surface area contributed by atoms with Crippen molar-refractivity contribution in [1.29, 1.82) is 0 Å². The minimum Gasteiger partial charge on any atom is -0.494 e. The lowest BCUT2D eigenvalue weighted by Gasteiger charge is -2.28. The third kappa shape index (κ3) is 4.08. The Morgan fingerprint density at radius 1 is 1.21 bits per heavy atom. The van der Waals surface area contributed by atoms with Crippen molar-refractivity contribution >= 4 is 17.4 Å². The molecule has 150 valence electrons. The summed E-state index contributed by atoms with van der Waals surface area (Å²) in [5, 5.41) is 2.90. The fraction of sp³-hybridized carbons (Fsp3) is 0.318. The number of hydrogen-bond donors (Lipinski definition) is 1. The lowest BCUT2D eigenvalue weighted by atomic mass is 10.1. The molecule has 0 unspecified atom stereocenters. The molecule has 1 aliphatic heterocycles. The Morgan fingerprint density at radius 2 is 2.03 bits per heavy atom. The Morgan fingerprint density at radius 3 is 2.83 bits per heavy atom. The lowest BCUT2D eigenvalue weighted by Crippen LogP contribution is -2.42. The average molecular weight is 392 g/mol. The molecule has 0 radical (unpaired) electrons. The van der Waals surface area contributed by atoms with Gasteiger partial charge in [0.15, 0.2) is 0 Å². The Hall–Kier alpha value is -3.35. The Bertz CT molecular complexity index is 1080. The van der Waals surface area contributed by atoms with Crippen molar-refractivity contribution in [2.24, 2.45) is 0 Å². The van der Waals surface area contributed by atoms with Gasteiger partial charge in [0.2, 0.25) is 0 Å². The summed E-state index contributed by atoms with van der Waals surface area (Å²) in [6, 6.07) is 12.6. The number of unbranched alkanes of at least 4 members (excludes halogenated alkanes) is 1. The highest BCUT2D eigenvalue weighted by atomic mass is 16.5. The van der Waals surface area contributed by atoms with E-state index < -0.39 is 0 Å². The number of ether oxygens (including phenoxy) is 1. The number of anilines is 1. The first-order chi connectivity index (χ1) is 14.2. The highest BCUT2D eigenvalue weighted by Gasteiger charge is 2.25. The molecule has 7 heteroatoms. The molecule has 7 nitrogen and oxygen atoms in total. The van der Waals surface area contributed by atoms with E-state index in [1.54, 1.807) is 17.2 Å². The molecule has 0 fully saturated rings. The summed E-state index contributed by atoms with van der Waals surface area (Å²) in [6.45, 7) is 3.58. The van der Waals surface area contributed by atoms with Crippen LogP contribution in [0.1, 0.15) is 31.0 Å². The number of carbonyl (C=O) groups is 1. The maximum atomic E-state index is 12.8. The summed E-state index contributed by atoms with van der Waals surface area (Å²) in [4.78, 5) is 31.7. The SMILES string of the molecule is CCCCOc1ccc(NC(=O)N2CCc3nc4ccccn4c(=O)c3C2)cc1. The molecule has 0 saturated heterocycles. The number of urea groups is 1. The molecule has 2 amide bonds. The normalized spacial score (nSPS) is 13.2. The van der Waals surface area contributed by atoms with Crippen LogP contribution >= 0.6 is 0 Å². The highest BCUT2D eigenvalue weighted by Crippen LogP contribution is 2.19. The molecule has 0 spiro atoms. The van der Waals surface area contributed by atoms with Crippen molar-refractivity contribution < 1.29 is 9.53 Å². The molecular weight excluding hydrogens is 368 g/mol. The molecule has 3 heterocycles. The van der Waals surface area contributed by atoms with Crippen molar-refractivity contribution in [3.05, 3.63) is 70.3 Å². The fourth-order valence-corrected chi connectivity index (χ4v) is 3.39. The van der Waals surface area contributed by atoms with Crippen LogP contribution in [0.5, 0.6) is 5.75 Å². The van der Waals surface area contributed by atoms with Crippen molar-refractivity contribution in [3.8, 4) is 5.75 Å². The third-order valence-electron chi connectivity index (χ3n) is 5.04. The predicted octanol–water partition coefficient (Wildman–Crippen LogP) is 3.46. The number of nitrogens with one attached hydrogen (secondary N) is 1. The van der Waals surface area contributed by atoms with Gasteiger partial charge in [0.25, 0.3) is 5.56 Å². The summed E-state index contributed by atoms with van der Waals surface area (Å²) >= 11 is 0. The molecule has 0 atom stereocenters. The number of rotatable bonds is 5. The Balaban J connectivity index is 1.44. The van der Waals surface area contributed by atoms with Gasteiger partial charge in [-0.2, -0.15) is 0 Å². The largest absolute Gasteiger partial charge is 0.494 e. The summed E-state index contributed by atoms with van der Waals surface area (Å²) in [5.74, 6) is 0.786. The molecule has 3 aromatic rings. The van der Waals surface area contributed by atoms with E-state index in [1.807, 2.05) is 36.4 Å². The molecule has 0 saturated carbocycles. The maximum Gasteiger partial charge on any atom is 0.322 e. The molecular formula is C22H24N4O3. The number of carbonyl (C=O) groups excluding carboxylic acids is 1. The number of pyridine rings is 1. The van der Waals surface area contributed by atoms with Gasteiger partial charge in [-0.3, -0.25) is 9.20 Å². The number of fused-ring (bicyclic) bond motifs is 2. The number of nitrogens with zero attached hydrogens (tertiary/aromatic N) is 3. The minimum atomic E-state index is -0.229. The van der Waals surface area contributed by atoms with E-state index in [0.717, 1.165) is 24.3 Å². The second-order valence-electron chi connectivity index (χ2n) is 7.10. The van der Waals surface area contributed by atoms with Crippen LogP contribution < -0.4 is 15.6 Å². The predicted molar refractivity (Wildman–Crippen MR) is 111 cm³/mol. The average Bonchev–Trinajstić information content (AvgIpc) is 2.75. The first-order valence-electron chi connectivity index (χ1n) is 9.93.